The highest BCUT2D eigenvalue weighted by atomic mass is 16.6. The topological polar surface area (TPSA) is 47.4 Å². The number of para-hydroxylation sites is 1. The second kappa shape index (κ2) is 6.82. The molecular formula is C23H25N3O2. The second-order valence-corrected chi connectivity index (χ2v) is 8.19. The molecule has 0 unspecified atom stereocenters. The largest absolute Gasteiger partial charge is 0.443 e. The van der Waals surface area contributed by atoms with E-state index in [1.807, 2.05) is 51.2 Å². The summed E-state index contributed by atoms with van der Waals surface area (Å²) in [5, 5.41) is 0. The standard InChI is InChI=1S/C23H25N3O2/c1-16-8-7-10-18(14-16)25-13-12-24-21(25)20-15-17-9-5-6-11-19(17)26(20)22(27)28-23(2,3)4/h5-14,20H,15H2,1-4H3/t20-/m0/s1. The van der Waals surface area contributed by atoms with Gasteiger partial charge in [0.2, 0.25) is 0 Å². The highest BCUT2D eigenvalue weighted by Gasteiger charge is 2.39. The Kier molecular flexibility index (Phi) is 4.46. The first kappa shape index (κ1) is 18.3. The molecule has 0 saturated heterocycles. The lowest BCUT2D eigenvalue weighted by Crippen LogP contribution is -2.38. The average molecular weight is 375 g/mol. The van der Waals surface area contributed by atoms with Gasteiger partial charge in [0.1, 0.15) is 17.5 Å². The monoisotopic (exact) mass is 375 g/mol. The Balaban J connectivity index is 1.77. The third-order valence-electron chi connectivity index (χ3n) is 4.81. The van der Waals surface area contributed by atoms with Crippen LogP contribution in [0.5, 0.6) is 0 Å². The lowest BCUT2D eigenvalue weighted by atomic mass is 10.1. The maximum Gasteiger partial charge on any atom is 0.415 e. The van der Waals surface area contributed by atoms with Crippen molar-refractivity contribution in [1.82, 2.24) is 9.55 Å². The SMILES string of the molecule is Cc1cccc(-n2ccnc2[C@@H]2Cc3ccccc3N2C(=O)OC(C)(C)C)c1. The highest BCUT2D eigenvalue weighted by Crippen LogP contribution is 2.41. The fourth-order valence-electron chi connectivity index (χ4n) is 3.69. The lowest BCUT2D eigenvalue weighted by Gasteiger charge is -2.29. The van der Waals surface area contributed by atoms with Crippen LogP contribution in [0.4, 0.5) is 10.5 Å². The predicted octanol–water partition coefficient (Wildman–Crippen LogP) is 5.22. The molecule has 144 valence electrons. The van der Waals surface area contributed by atoms with Gasteiger partial charge < -0.3 is 9.30 Å². The lowest BCUT2D eigenvalue weighted by molar-refractivity contribution is 0.0568. The molecule has 1 aliphatic rings. The van der Waals surface area contributed by atoms with Crippen LogP contribution in [0.1, 0.15) is 43.8 Å². The molecule has 0 fully saturated rings. The van der Waals surface area contributed by atoms with Gasteiger partial charge in [-0.2, -0.15) is 0 Å². The van der Waals surface area contributed by atoms with E-state index in [1.165, 1.54) is 5.56 Å². The number of nitrogens with zero attached hydrogens (tertiary/aromatic N) is 3. The fraction of sp³-hybridized carbons (Fsp3) is 0.304. The average Bonchev–Trinajstić information content (AvgIpc) is 3.24. The van der Waals surface area contributed by atoms with Gasteiger partial charge in [0.25, 0.3) is 0 Å². The number of rotatable bonds is 2. The van der Waals surface area contributed by atoms with E-state index < -0.39 is 5.60 Å². The van der Waals surface area contributed by atoms with Gasteiger partial charge in [-0.1, -0.05) is 30.3 Å². The smallest absolute Gasteiger partial charge is 0.415 e. The van der Waals surface area contributed by atoms with E-state index in [9.17, 15) is 4.79 Å². The summed E-state index contributed by atoms with van der Waals surface area (Å²) in [6.45, 7) is 7.72. The Hall–Kier alpha value is -3.08. The summed E-state index contributed by atoms with van der Waals surface area (Å²) < 4.78 is 7.78. The summed E-state index contributed by atoms with van der Waals surface area (Å²) in [6, 6.07) is 16.0. The van der Waals surface area contributed by atoms with Crippen LogP contribution in [-0.2, 0) is 11.2 Å². The summed E-state index contributed by atoms with van der Waals surface area (Å²) in [7, 11) is 0. The van der Waals surface area contributed by atoms with Gasteiger partial charge in [0, 0.05) is 24.5 Å². The molecule has 0 spiro atoms. The summed E-state index contributed by atoms with van der Waals surface area (Å²) in [5.41, 5.74) is 3.66. The maximum atomic E-state index is 13.1. The number of imidazole rings is 1. The van der Waals surface area contributed by atoms with Crippen molar-refractivity contribution >= 4 is 11.8 Å². The van der Waals surface area contributed by atoms with Gasteiger partial charge in [-0.15, -0.1) is 0 Å². The molecule has 3 aromatic rings. The van der Waals surface area contributed by atoms with Gasteiger partial charge in [0.15, 0.2) is 0 Å². The van der Waals surface area contributed by atoms with Crippen LogP contribution >= 0.6 is 0 Å². The summed E-state index contributed by atoms with van der Waals surface area (Å²) in [4.78, 5) is 19.5. The molecule has 2 heterocycles. The number of carbonyl (C=O) groups excluding carboxylic acids is 1. The van der Waals surface area contributed by atoms with Gasteiger partial charge in [-0.05, 0) is 57.0 Å². The minimum Gasteiger partial charge on any atom is -0.443 e. The second-order valence-electron chi connectivity index (χ2n) is 8.19. The number of amides is 1. The number of fused-ring (bicyclic) bond motifs is 1. The van der Waals surface area contributed by atoms with Gasteiger partial charge in [0.05, 0.1) is 5.69 Å². The predicted molar refractivity (Wildman–Crippen MR) is 110 cm³/mol. The van der Waals surface area contributed by atoms with Crippen molar-refractivity contribution < 1.29 is 9.53 Å². The summed E-state index contributed by atoms with van der Waals surface area (Å²) >= 11 is 0. The van der Waals surface area contributed by atoms with Crippen LogP contribution in [0.15, 0.2) is 60.9 Å². The number of aryl methyl sites for hydroxylation is 1. The Morgan fingerprint density at radius 3 is 2.68 bits per heavy atom. The Morgan fingerprint density at radius 2 is 1.93 bits per heavy atom. The van der Waals surface area contributed by atoms with Crippen molar-refractivity contribution in [2.24, 2.45) is 0 Å². The molecule has 0 radical (unpaired) electrons. The Morgan fingerprint density at radius 1 is 1.14 bits per heavy atom. The first-order chi connectivity index (χ1) is 13.3. The Labute approximate surface area is 165 Å². The molecular weight excluding hydrogens is 350 g/mol. The Bertz CT molecular complexity index is 1020. The number of ether oxygens (including phenoxy) is 1. The van der Waals surface area contributed by atoms with Crippen molar-refractivity contribution in [1.29, 1.82) is 0 Å². The minimum absolute atomic E-state index is 0.220. The van der Waals surface area contributed by atoms with Crippen LogP contribution in [-0.4, -0.2) is 21.2 Å². The van der Waals surface area contributed by atoms with E-state index in [4.69, 9.17) is 4.74 Å². The normalized spacial score (nSPS) is 16.1. The third-order valence-corrected chi connectivity index (χ3v) is 4.81. The van der Waals surface area contributed by atoms with Crippen molar-refractivity contribution in [3.8, 4) is 5.69 Å². The van der Waals surface area contributed by atoms with Crippen molar-refractivity contribution in [3.05, 3.63) is 77.9 Å². The molecule has 28 heavy (non-hydrogen) atoms. The van der Waals surface area contributed by atoms with Crippen molar-refractivity contribution in [2.75, 3.05) is 4.90 Å². The molecule has 4 rings (SSSR count). The molecule has 1 aliphatic heterocycles. The first-order valence-corrected chi connectivity index (χ1v) is 9.54. The first-order valence-electron chi connectivity index (χ1n) is 9.54. The van der Waals surface area contributed by atoms with E-state index in [-0.39, 0.29) is 12.1 Å². The van der Waals surface area contributed by atoms with Crippen LogP contribution in [0.25, 0.3) is 5.69 Å². The number of hydrogen-bond donors (Lipinski definition) is 0. The van der Waals surface area contributed by atoms with E-state index in [2.05, 4.69) is 40.7 Å². The highest BCUT2D eigenvalue weighted by molar-refractivity contribution is 5.91. The molecule has 1 amide bonds. The van der Waals surface area contributed by atoms with Crippen LogP contribution < -0.4 is 4.90 Å². The molecule has 2 aromatic carbocycles. The summed E-state index contributed by atoms with van der Waals surface area (Å²) in [5.74, 6) is 0.827. The maximum absolute atomic E-state index is 13.1. The number of benzene rings is 2. The number of aromatic nitrogens is 2. The van der Waals surface area contributed by atoms with Crippen LogP contribution in [0.3, 0.4) is 0 Å². The van der Waals surface area contributed by atoms with Gasteiger partial charge in [-0.3, -0.25) is 4.90 Å². The molecule has 1 aromatic heterocycles. The molecule has 0 aliphatic carbocycles. The molecule has 0 bridgehead atoms. The molecule has 1 atom stereocenters. The van der Waals surface area contributed by atoms with Gasteiger partial charge >= 0.3 is 6.09 Å². The van der Waals surface area contributed by atoms with E-state index in [1.54, 1.807) is 11.1 Å². The van der Waals surface area contributed by atoms with Crippen LogP contribution in [0, 0.1) is 6.92 Å². The number of anilines is 1. The van der Waals surface area contributed by atoms with Crippen molar-refractivity contribution in [3.63, 3.8) is 0 Å². The zero-order valence-electron chi connectivity index (χ0n) is 16.7. The summed E-state index contributed by atoms with van der Waals surface area (Å²) in [6.07, 6.45) is 4.09. The molecule has 0 saturated carbocycles. The zero-order valence-corrected chi connectivity index (χ0v) is 16.7. The minimum atomic E-state index is -0.564. The molecule has 0 N–H and O–H groups in total. The van der Waals surface area contributed by atoms with Crippen LogP contribution in [0.2, 0.25) is 0 Å². The molecule has 5 nitrogen and oxygen atoms in total. The fourth-order valence-corrected chi connectivity index (χ4v) is 3.69. The van der Waals surface area contributed by atoms with E-state index in [0.717, 1.165) is 22.8 Å². The van der Waals surface area contributed by atoms with E-state index >= 15 is 0 Å². The quantitative estimate of drug-likeness (QED) is 0.617. The van der Waals surface area contributed by atoms with Gasteiger partial charge in [-0.25, -0.2) is 9.78 Å². The third kappa shape index (κ3) is 3.40. The number of carbonyl (C=O) groups is 1. The molecule has 5 heteroatoms. The van der Waals surface area contributed by atoms with E-state index in [0.29, 0.717) is 6.42 Å². The number of hydrogen-bond acceptors (Lipinski definition) is 3. The van der Waals surface area contributed by atoms with Crippen molar-refractivity contribution in [2.45, 2.75) is 45.8 Å². The zero-order chi connectivity index (χ0) is 19.9.